The second-order valence-corrected chi connectivity index (χ2v) is 7.83. The van der Waals surface area contributed by atoms with Crippen LogP contribution in [0.3, 0.4) is 0 Å². The number of amides is 3. The Labute approximate surface area is 164 Å². The van der Waals surface area contributed by atoms with E-state index in [1.54, 1.807) is 24.3 Å². The van der Waals surface area contributed by atoms with Gasteiger partial charge in [0, 0.05) is 9.49 Å². The highest BCUT2D eigenvalue weighted by molar-refractivity contribution is 14.1. The van der Waals surface area contributed by atoms with E-state index < -0.39 is 6.04 Å². The van der Waals surface area contributed by atoms with Crippen LogP contribution in [0.15, 0.2) is 47.1 Å². The van der Waals surface area contributed by atoms with Crippen molar-refractivity contribution in [3.63, 3.8) is 0 Å². The standard InChI is InChI=1S/C19H17IN2O4/c20-13-5-7-14(8-6-13)22-17(23)10-16(19(22)25)21(18(24)12-3-4-12)11-15-2-1-9-26-15/h1-2,5-9,12,16H,3-4,10-11H2. The zero-order chi connectivity index (χ0) is 18.3. The Bertz CT molecular complexity index is 843. The van der Waals surface area contributed by atoms with E-state index in [-0.39, 0.29) is 36.6 Å². The molecule has 1 aromatic heterocycles. The maximum Gasteiger partial charge on any atom is 0.257 e. The molecule has 3 amide bonds. The quantitative estimate of drug-likeness (QED) is 0.504. The lowest BCUT2D eigenvalue weighted by molar-refractivity contribution is -0.140. The number of carbonyl (C=O) groups excluding carboxylic acids is 3. The van der Waals surface area contributed by atoms with E-state index in [9.17, 15) is 14.4 Å². The fourth-order valence-electron chi connectivity index (χ4n) is 3.20. The Morgan fingerprint density at radius 2 is 1.92 bits per heavy atom. The predicted octanol–water partition coefficient (Wildman–Crippen LogP) is 2.95. The largest absolute Gasteiger partial charge is 0.467 e. The Morgan fingerprint density at radius 3 is 2.54 bits per heavy atom. The lowest BCUT2D eigenvalue weighted by atomic mass is 10.1. The molecule has 2 aliphatic rings. The van der Waals surface area contributed by atoms with Crippen LogP contribution in [0.2, 0.25) is 0 Å². The second kappa shape index (κ2) is 6.86. The maximum absolute atomic E-state index is 13.0. The van der Waals surface area contributed by atoms with Crippen LogP contribution in [0.5, 0.6) is 0 Å². The van der Waals surface area contributed by atoms with Gasteiger partial charge in [0.25, 0.3) is 5.91 Å². The number of hydrogen-bond donors (Lipinski definition) is 0. The summed E-state index contributed by atoms with van der Waals surface area (Å²) in [5.41, 5.74) is 0.541. The monoisotopic (exact) mass is 464 g/mol. The molecule has 1 aliphatic carbocycles. The van der Waals surface area contributed by atoms with Gasteiger partial charge in [0.1, 0.15) is 11.8 Å². The zero-order valence-corrected chi connectivity index (χ0v) is 16.1. The molecule has 7 heteroatoms. The molecule has 0 bridgehead atoms. The number of nitrogens with zero attached hydrogens (tertiary/aromatic N) is 2. The van der Waals surface area contributed by atoms with Gasteiger partial charge in [0.15, 0.2) is 0 Å². The Kier molecular flexibility index (Phi) is 4.56. The number of halogens is 1. The fourth-order valence-corrected chi connectivity index (χ4v) is 3.56. The average molecular weight is 464 g/mol. The highest BCUT2D eigenvalue weighted by atomic mass is 127. The molecule has 1 atom stereocenters. The Morgan fingerprint density at radius 1 is 1.19 bits per heavy atom. The molecule has 26 heavy (non-hydrogen) atoms. The highest BCUT2D eigenvalue weighted by Crippen LogP contribution is 2.35. The first-order chi connectivity index (χ1) is 12.5. The van der Waals surface area contributed by atoms with Crippen LogP contribution in [0.4, 0.5) is 5.69 Å². The molecule has 134 valence electrons. The molecule has 1 unspecified atom stereocenters. The SMILES string of the molecule is O=C1CC(N(Cc2ccco2)C(=O)C2CC2)C(=O)N1c1ccc(I)cc1. The summed E-state index contributed by atoms with van der Waals surface area (Å²) >= 11 is 2.17. The van der Waals surface area contributed by atoms with Crippen molar-refractivity contribution < 1.29 is 18.8 Å². The van der Waals surface area contributed by atoms with Crippen LogP contribution in [0.25, 0.3) is 0 Å². The number of carbonyl (C=O) groups is 3. The minimum Gasteiger partial charge on any atom is -0.467 e. The van der Waals surface area contributed by atoms with Crippen molar-refractivity contribution in [1.82, 2.24) is 4.90 Å². The summed E-state index contributed by atoms with van der Waals surface area (Å²) in [7, 11) is 0. The van der Waals surface area contributed by atoms with Gasteiger partial charge in [-0.25, -0.2) is 4.90 Å². The van der Waals surface area contributed by atoms with E-state index in [2.05, 4.69) is 22.6 Å². The van der Waals surface area contributed by atoms with Crippen molar-refractivity contribution in [2.45, 2.75) is 31.8 Å². The molecule has 1 aromatic carbocycles. The summed E-state index contributed by atoms with van der Waals surface area (Å²) < 4.78 is 6.37. The summed E-state index contributed by atoms with van der Waals surface area (Å²) in [6.07, 6.45) is 3.21. The van der Waals surface area contributed by atoms with Crippen LogP contribution >= 0.6 is 22.6 Å². The number of furan rings is 1. The van der Waals surface area contributed by atoms with Gasteiger partial charge >= 0.3 is 0 Å². The van der Waals surface area contributed by atoms with Crippen LogP contribution in [0.1, 0.15) is 25.0 Å². The topological polar surface area (TPSA) is 70.8 Å². The molecular formula is C19H17IN2O4. The van der Waals surface area contributed by atoms with Crippen molar-refractivity contribution in [3.8, 4) is 0 Å². The minimum absolute atomic E-state index is 0.00396. The number of anilines is 1. The highest BCUT2D eigenvalue weighted by Gasteiger charge is 2.47. The smallest absolute Gasteiger partial charge is 0.257 e. The summed E-state index contributed by atoms with van der Waals surface area (Å²) in [5.74, 6) is -0.143. The molecule has 1 saturated heterocycles. The van der Waals surface area contributed by atoms with Crippen LogP contribution in [-0.4, -0.2) is 28.7 Å². The predicted molar refractivity (Wildman–Crippen MR) is 102 cm³/mol. The lowest BCUT2D eigenvalue weighted by Gasteiger charge is -2.27. The normalized spacial score (nSPS) is 19.9. The van der Waals surface area contributed by atoms with Gasteiger partial charge in [-0.15, -0.1) is 0 Å². The molecular weight excluding hydrogens is 447 g/mol. The van der Waals surface area contributed by atoms with Gasteiger partial charge in [-0.05, 0) is 71.8 Å². The molecule has 2 heterocycles. The van der Waals surface area contributed by atoms with Gasteiger partial charge < -0.3 is 9.32 Å². The summed E-state index contributed by atoms with van der Waals surface area (Å²) in [6.45, 7) is 0.201. The van der Waals surface area contributed by atoms with E-state index in [1.165, 1.54) is 16.1 Å². The molecule has 2 aromatic rings. The molecule has 0 radical (unpaired) electrons. The third kappa shape index (κ3) is 3.27. The molecule has 0 spiro atoms. The van der Waals surface area contributed by atoms with E-state index in [4.69, 9.17) is 4.42 Å². The molecule has 4 rings (SSSR count). The van der Waals surface area contributed by atoms with E-state index in [0.717, 1.165) is 16.4 Å². The first-order valence-electron chi connectivity index (χ1n) is 8.50. The molecule has 2 fully saturated rings. The second-order valence-electron chi connectivity index (χ2n) is 6.58. The van der Waals surface area contributed by atoms with Crippen LogP contribution in [-0.2, 0) is 20.9 Å². The van der Waals surface area contributed by atoms with E-state index in [1.807, 2.05) is 12.1 Å². The molecule has 6 nitrogen and oxygen atoms in total. The van der Waals surface area contributed by atoms with Crippen molar-refractivity contribution in [2.75, 3.05) is 4.90 Å². The first kappa shape index (κ1) is 17.3. The van der Waals surface area contributed by atoms with Crippen molar-refractivity contribution in [2.24, 2.45) is 5.92 Å². The summed E-state index contributed by atoms with van der Waals surface area (Å²) in [4.78, 5) is 41.0. The number of imide groups is 1. The van der Waals surface area contributed by atoms with Gasteiger partial charge in [0.2, 0.25) is 11.8 Å². The summed E-state index contributed by atoms with van der Waals surface area (Å²) in [5, 5.41) is 0. The van der Waals surface area contributed by atoms with E-state index >= 15 is 0 Å². The number of hydrogen-bond acceptors (Lipinski definition) is 4. The zero-order valence-electron chi connectivity index (χ0n) is 13.9. The number of benzene rings is 1. The molecule has 1 saturated carbocycles. The summed E-state index contributed by atoms with van der Waals surface area (Å²) in [6, 6.07) is 9.93. The van der Waals surface area contributed by atoms with E-state index in [0.29, 0.717) is 11.4 Å². The average Bonchev–Trinajstić information content (AvgIpc) is 3.27. The minimum atomic E-state index is -0.778. The fraction of sp³-hybridized carbons (Fsp3) is 0.316. The molecule has 0 N–H and O–H groups in total. The lowest BCUT2D eigenvalue weighted by Crippen LogP contribution is -2.45. The Hall–Kier alpha value is -2.16. The van der Waals surface area contributed by atoms with Gasteiger partial charge in [-0.3, -0.25) is 14.4 Å². The van der Waals surface area contributed by atoms with Gasteiger partial charge in [0.05, 0.1) is 24.9 Å². The van der Waals surface area contributed by atoms with Crippen molar-refractivity contribution in [3.05, 3.63) is 52.0 Å². The van der Waals surface area contributed by atoms with Crippen LogP contribution in [0, 0.1) is 9.49 Å². The van der Waals surface area contributed by atoms with Crippen molar-refractivity contribution >= 4 is 46.0 Å². The Balaban J connectivity index is 1.61. The van der Waals surface area contributed by atoms with Gasteiger partial charge in [-0.1, -0.05) is 0 Å². The molecule has 1 aliphatic heterocycles. The third-order valence-corrected chi connectivity index (χ3v) is 5.42. The first-order valence-corrected chi connectivity index (χ1v) is 9.57. The number of rotatable bonds is 5. The third-order valence-electron chi connectivity index (χ3n) is 4.70. The van der Waals surface area contributed by atoms with Crippen molar-refractivity contribution in [1.29, 1.82) is 0 Å². The van der Waals surface area contributed by atoms with Crippen LogP contribution < -0.4 is 4.90 Å². The maximum atomic E-state index is 13.0. The van der Waals surface area contributed by atoms with Gasteiger partial charge in [-0.2, -0.15) is 0 Å².